The highest BCUT2D eigenvalue weighted by molar-refractivity contribution is 6.35. The number of fused-ring (bicyclic) bond motifs is 1. The zero-order valence-electron chi connectivity index (χ0n) is 12.1. The molecule has 0 spiro atoms. The van der Waals surface area contributed by atoms with E-state index in [2.05, 4.69) is 41.2 Å². The zero-order valence-corrected chi connectivity index (χ0v) is 12.9. The van der Waals surface area contributed by atoms with Gasteiger partial charge in [0.05, 0.1) is 5.02 Å². The van der Waals surface area contributed by atoms with Crippen LogP contribution in [0.25, 0.3) is 10.9 Å². The van der Waals surface area contributed by atoms with E-state index in [1.807, 2.05) is 6.07 Å². The maximum absolute atomic E-state index is 6.28. The fourth-order valence-corrected chi connectivity index (χ4v) is 3.67. The Morgan fingerprint density at radius 1 is 1.30 bits per heavy atom. The van der Waals surface area contributed by atoms with E-state index in [4.69, 9.17) is 11.6 Å². The molecule has 1 aromatic carbocycles. The second-order valence-corrected chi connectivity index (χ2v) is 6.52. The molecule has 1 aromatic heterocycles. The molecular formula is C17H23ClN2. The summed E-state index contributed by atoms with van der Waals surface area (Å²) in [4.78, 5) is 0. The van der Waals surface area contributed by atoms with Crippen molar-refractivity contribution in [3.05, 3.63) is 35.5 Å². The second-order valence-electron chi connectivity index (χ2n) is 6.11. The van der Waals surface area contributed by atoms with Gasteiger partial charge >= 0.3 is 0 Å². The summed E-state index contributed by atoms with van der Waals surface area (Å²) in [5, 5.41) is 5.72. The molecule has 108 valence electrons. The Hall–Kier alpha value is -0.990. The van der Waals surface area contributed by atoms with Crippen LogP contribution in [0.4, 0.5) is 0 Å². The highest BCUT2D eigenvalue weighted by Gasteiger charge is 2.17. The summed E-state index contributed by atoms with van der Waals surface area (Å²) in [7, 11) is 0. The number of benzene rings is 1. The quantitative estimate of drug-likeness (QED) is 0.879. The van der Waals surface area contributed by atoms with Gasteiger partial charge in [0.1, 0.15) is 0 Å². The number of halogens is 1. The van der Waals surface area contributed by atoms with Crippen LogP contribution in [0.5, 0.6) is 0 Å². The molecule has 0 radical (unpaired) electrons. The van der Waals surface area contributed by atoms with Gasteiger partial charge in [-0.2, -0.15) is 0 Å². The average Bonchev–Trinajstić information content (AvgIpc) is 2.77. The Morgan fingerprint density at radius 2 is 2.15 bits per heavy atom. The van der Waals surface area contributed by atoms with Crippen LogP contribution in [-0.2, 0) is 6.54 Å². The van der Waals surface area contributed by atoms with Gasteiger partial charge in [0.25, 0.3) is 0 Å². The number of para-hydroxylation sites is 1. The van der Waals surface area contributed by atoms with Crippen molar-refractivity contribution in [2.24, 2.45) is 5.92 Å². The van der Waals surface area contributed by atoms with Gasteiger partial charge in [0.15, 0.2) is 0 Å². The molecule has 2 atom stereocenters. The molecule has 1 aliphatic carbocycles. The number of nitrogens with one attached hydrogen (secondary N) is 1. The van der Waals surface area contributed by atoms with Crippen molar-refractivity contribution in [3.63, 3.8) is 0 Å². The molecule has 1 fully saturated rings. The predicted molar refractivity (Wildman–Crippen MR) is 86.4 cm³/mol. The van der Waals surface area contributed by atoms with Crippen molar-refractivity contribution < 1.29 is 0 Å². The lowest BCUT2D eigenvalue weighted by atomic mass is 9.87. The smallest absolute Gasteiger partial charge is 0.0661 e. The minimum absolute atomic E-state index is 0.705. The van der Waals surface area contributed by atoms with E-state index in [0.717, 1.165) is 29.4 Å². The summed E-state index contributed by atoms with van der Waals surface area (Å²) in [5.41, 5.74) is 1.23. The summed E-state index contributed by atoms with van der Waals surface area (Å²) >= 11 is 6.28. The van der Waals surface area contributed by atoms with Gasteiger partial charge < -0.3 is 9.88 Å². The first kappa shape index (κ1) is 14.0. The molecule has 3 heteroatoms. The van der Waals surface area contributed by atoms with Gasteiger partial charge in [0, 0.05) is 36.2 Å². The van der Waals surface area contributed by atoms with E-state index in [1.54, 1.807) is 0 Å². The number of hydrogen-bond donors (Lipinski definition) is 1. The number of rotatable bonds is 4. The minimum atomic E-state index is 0.705. The molecule has 20 heavy (non-hydrogen) atoms. The SMILES string of the molecule is CC1CCCC(NCCn2cc(Cl)c3ccccc32)C1. The van der Waals surface area contributed by atoms with Crippen LogP contribution in [0.15, 0.2) is 30.5 Å². The van der Waals surface area contributed by atoms with Crippen LogP contribution in [0.1, 0.15) is 32.6 Å². The molecule has 1 aliphatic rings. The summed E-state index contributed by atoms with van der Waals surface area (Å²) < 4.78 is 2.26. The topological polar surface area (TPSA) is 17.0 Å². The van der Waals surface area contributed by atoms with Crippen LogP contribution < -0.4 is 5.32 Å². The zero-order chi connectivity index (χ0) is 13.9. The first-order chi connectivity index (χ1) is 9.74. The van der Waals surface area contributed by atoms with Crippen molar-refractivity contribution in [3.8, 4) is 0 Å². The second kappa shape index (κ2) is 6.19. The van der Waals surface area contributed by atoms with Crippen LogP contribution in [0.2, 0.25) is 5.02 Å². The summed E-state index contributed by atoms with van der Waals surface area (Å²) in [6.07, 6.45) is 7.48. The molecule has 0 saturated heterocycles. The van der Waals surface area contributed by atoms with Crippen LogP contribution in [0, 0.1) is 5.92 Å². The van der Waals surface area contributed by atoms with Crippen molar-refractivity contribution in [1.82, 2.24) is 9.88 Å². The Kier molecular flexibility index (Phi) is 4.32. The minimum Gasteiger partial charge on any atom is -0.345 e. The molecule has 1 saturated carbocycles. The molecule has 1 heterocycles. The van der Waals surface area contributed by atoms with Gasteiger partial charge in [-0.3, -0.25) is 0 Å². The molecule has 1 N–H and O–H groups in total. The molecular weight excluding hydrogens is 268 g/mol. The van der Waals surface area contributed by atoms with Crippen LogP contribution in [-0.4, -0.2) is 17.2 Å². The van der Waals surface area contributed by atoms with E-state index in [-0.39, 0.29) is 0 Å². The molecule has 3 rings (SSSR count). The van der Waals surface area contributed by atoms with Gasteiger partial charge in [-0.25, -0.2) is 0 Å². The Bertz CT molecular complexity index is 575. The van der Waals surface area contributed by atoms with Crippen molar-refractivity contribution in [2.45, 2.75) is 45.2 Å². The van der Waals surface area contributed by atoms with E-state index in [1.165, 1.54) is 31.2 Å². The lowest BCUT2D eigenvalue weighted by Crippen LogP contribution is -2.35. The lowest BCUT2D eigenvalue weighted by Gasteiger charge is -2.27. The first-order valence-electron chi connectivity index (χ1n) is 7.71. The van der Waals surface area contributed by atoms with Gasteiger partial charge in [-0.05, 0) is 24.8 Å². The van der Waals surface area contributed by atoms with Crippen LogP contribution in [0.3, 0.4) is 0 Å². The predicted octanol–water partition coefficient (Wildman–Crippen LogP) is 4.46. The third-order valence-corrected chi connectivity index (χ3v) is 4.76. The highest BCUT2D eigenvalue weighted by Crippen LogP contribution is 2.26. The fourth-order valence-electron chi connectivity index (χ4n) is 3.40. The van der Waals surface area contributed by atoms with E-state index < -0.39 is 0 Å². The summed E-state index contributed by atoms with van der Waals surface area (Å²) in [6, 6.07) is 9.05. The molecule has 2 nitrogen and oxygen atoms in total. The third-order valence-electron chi connectivity index (χ3n) is 4.46. The van der Waals surface area contributed by atoms with E-state index in [0.29, 0.717) is 6.04 Å². The van der Waals surface area contributed by atoms with Crippen molar-refractivity contribution in [2.75, 3.05) is 6.54 Å². The Balaban J connectivity index is 1.60. The number of hydrogen-bond acceptors (Lipinski definition) is 1. The fraction of sp³-hybridized carbons (Fsp3) is 0.529. The molecule has 2 aromatic rings. The Labute approximate surface area is 126 Å². The van der Waals surface area contributed by atoms with Crippen LogP contribution >= 0.6 is 11.6 Å². The largest absolute Gasteiger partial charge is 0.345 e. The molecule has 2 unspecified atom stereocenters. The number of aromatic nitrogens is 1. The maximum atomic E-state index is 6.28. The summed E-state index contributed by atoms with van der Waals surface area (Å²) in [5.74, 6) is 0.878. The summed E-state index contributed by atoms with van der Waals surface area (Å²) in [6.45, 7) is 4.37. The van der Waals surface area contributed by atoms with Gasteiger partial charge in [0.2, 0.25) is 0 Å². The van der Waals surface area contributed by atoms with E-state index >= 15 is 0 Å². The molecule has 0 bridgehead atoms. The van der Waals surface area contributed by atoms with Crippen molar-refractivity contribution in [1.29, 1.82) is 0 Å². The van der Waals surface area contributed by atoms with Crippen molar-refractivity contribution >= 4 is 22.5 Å². The number of nitrogens with zero attached hydrogens (tertiary/aromatic N) is 1. The maximum Gasteiger partial charge on any atom is 0.0661 e. The standard InChI is InChI=1S/C17H23ClN2/c1-13-5-4-6-14(11-13)19-9-10-20-12-16(18)15-7-2-3-8-17(15)20/h2-3,7-8,12-14,19H,4-6,9-11H2,1H3. The van der Waals surface area contributed by atoms with E-state index in [9.17, 15) is 0 Å². The molecule has 0 aliphatic heterocycles. The highest BCUT2D eigenvalue weighted by atomic mass is 35.5. The average molecular weight is 291 g/mol. The third kappa shape index (κ3) is 3.02. The van der Waals surface area contributed by atoms with Gasteiger partial charge in [-0.15, -0.1) is 0 Å². The van der Waals surface area contributed by atoms with Gasteiger partial charge in [-0.1, -0.05) is 49.6 Å². The molecule has 0 amide bonds. The normalized spacial score (nSPS) is 23.3. The monoisotopic (exact) mass is 290 g/mol. The lowest BCUT2D eigenvalue weighted by molar-refractivity contribution is 0.299. The first-order valence-corrected chi connectivity index (χ1v) is 8.08. The Morgan fingerprint density at radius 3 is 3.00 bits per heavy atom.